The molecule has 0 fully saturated rings. The summed E-state index contributed by atoms with van der Waals surface area (Å²) in [5, 5.41) is 8.46. The molecule has 2 N–H and O–H groups in total. The van der Waals surface area contributed by atoms with E-state index in [4.69, 9.17) is 5.21 Å². The lowest BCUT2D eigenvalue weighted by Crippen LogP contribution is -2.17. The first-order valence-corrected chi connectivity index (χ1v) is 5.04. The molecule has 1 amide bonds. The minimum atomic E-state index is -0.412. The van der Waals surface area contributed by atoms with Crippen molar-refractivity contribution in [1.82, 2.24) is 5.48 Å². The lowest BCUT2D eigenvalue weighted by Gasteiger charge is -1.94. The third-order valence-electron chi connectivity index (χ3n) is 1.77. The van der Waals surface area contributed by atoms with Gasteiger partial charge in [-0.25, -0.2) is 5.48 Å². The van der Waals surface area contributed by atoms with E-state index in [9.17, 15) is 4.79 Å². The molecule has 0 bridgehead atoms. The van der Waals surface area contributed by atoms with Crippen LogP contribution in [0.25, 0.3) is 0 Å². The molecular formula is C9H13NO2S. The van der Waals surface area contributed by atoms with E-state index in [-0.39, 0.29) is 0 Å². The van der Waals surface area contributed by atoms with Crippen LogP contribution in [0.5, 0.6) is 0 Å². The zero-order chi connectivity index (χ0) is 9.84. The van der Waals surface area contributed by atoms with Gasteiger partial charge >= 0.3 is 0 Å². The predicted octanol–water partition coefficient (Wildman–Crippen LogP) is 2.13. The Balaban J connectivity index is 2.89. The average molecular weight is 199 g/mol. The molecule has 0 aromatic carbocycles. The van der Waals surface area contributed by atoms with Crippen molar-refractivity contribution < 1.29 is 10.0 Å². The Morgan fingerprint density at radius 2 is 2.38 bits per heavy atom. The molecule has 0 unspecified atom stereocenters. The summed E-state index contributed by atoms with van der Waals surface area (Å²) in [7, 11) is 0. The first-order chi connectivity index (χ1) is 6.19. The van der Waals surface area contributed by atoms with Crippen LogP contribution < -0.4 is 5.48 Å². The van der Waals surface area contributed by atoms with Gasteiger partial charge in [-0.15, -0.1) is 11.3 Å². The molecule has 4 heteroatoms. The van der Waals surface area contributed by atoms with Gasteiger partial charge in [0.1, 0.15) is 0 Å². The second-order valence-electron chi connectivity index (χ2n) is 2.92. The van der Waals surface area contributed by atoms with Crippen LogP contribution in [0.4, 0.5) is 0 Å². The minimum absolute atomic E-state index is 0.412. The number of hydrogen-bond acceptors (Lipinski definition) is 3. The maximum absolute atomic E-state index is 11.1. The Kier molecular flexibility index (Phi) is 3.45. The minimum Gasteiger partial charge on any atom is -0.288 e. The van der Waals surface area contributed by atoms with Gasteiger partial charge in [-0.05, 0) is 25.0 Å². The largest absolute Gasteiger partial charge is 0.288 e. The smallest absolute Gasteiger partial charge is 0.284 e. The summed E-state index contributed by atoms with van der Waals surface area (Å²) in [6, 6.07) is 2.00. The van der Waals surface area contributed by atoms with E-state index in [0.29, 0.717) is 4.88 Å². The lowest BCUT2D eigenvalue weighted by molar-refractivity contribution is 0.0710. The second-order valence-corrected chi connectivity index (χ2v) is 4.05. The molecule has 1 heterocycles. The number of hydrogen-bond donors (Lipinski definition) is 2. The van der Waals surface area contributed by atoms with Crippen molar-refractivity contribution in [3.63, 3.8) is 0 Å². The fourth-order valence-corrected chi connectivity index (χ4v) is 2.36. The second kappa shape index (κ2) is 4.39. The number of hydroxylamine groups is 1. The van der Waals surface area contributed by atoms with E-state index in [1.54, 1.807) is 5.48 Å². The van der Waals surface area contributed by atoms with Gasteiger partial charge in [0.15, 0.2) is 0 Å². The van der Waals surface area contributed by atoms with Crippen molar-refractivity contribution in [2.45, 2.75) is 26.7 Å². The predicted molar refractivity (Wildman–Crippen MR) is 52.3 cm³/mol. The van der Waals surface area contributed by atoms with Crippen LogP contribution >= 0.6 is 11.3 Å². The van der Waals surface area contributed by atoms with Crippen LogP contribution in [0.2, 0.25) is 0 Å². The fourth-order valence-electron chi connectivity index (χ4n) is 1.19. The van der Waals surface area contributed by atoms with Gasteiger partial charge in [-0.1, -0.05) is 13.3 Å². The van der Waals surface area contributed by atoms with Crippen LogP contribution in [0, 0.1) is 6.92 Å². The molecule has 1 aromatic heterocycles. The number of thiophene rings is 1. The van der Waals surface area contributed by atoms with Crippen molar-refractivity contribution >= 4 is 17.2 Å². The molecule has 0 aliphatic carbocycles. The number of nitrogens with one attached hydrogen (secondary N) is 1. The van der Waals surface area contributed by atoms with Crippen molar-refractivity contribution in [3.8, 4) is 0 Å². The molecule has 1 rings (SSSR count). The Morgan fingerprint density at radius 1 is 1.69 bits per heavy atom. The van der Waals surface area contributed by atoms with Gasteiger partial charge in [-0.2, -0.15) is 0 Å². The van der Waals surface area contributed by atoms with Crippen molar-refractivity contribution in [1.29, 1.82) is 0 Å². The highest BCUT2D eigenvalue weighted by Crippen LogP contribution is 2.22. The van der Waals surface area contributed by atoms with Crippen LogP contribution in [-0.4, -0.2) is 11.1 Å². The maximum atomic E-state index is 11.1. The number of aryl methyl sites for hydroxylation is 2. The molecule has 0 radical (unpaired) electrons. The molecule has 0 spiro atoms. The first-order valence-electron chi connectivity index (χ1n) is 4.22. The van der Waals surface area contributed by atoms with Gasteiger partial charge < -0.3 is 0 Å². The van der Waals surface area contributed by atoms with Crippen molar-refractivity contribution in [2.24, 2.45) is 0 Å². The summed E-state index contributed by atoms with van der Waals surface area (Å²) in [5.41, 5.74) is 2.58. The maximum Gasteiger partial charge on any atom is 0.284 e. The van der Waals surface area contributed by atoms with Gasteiger partial charge in [0.25, 0.3) is 5.91 Å². The van der Waals surface area contributed by atoms with Gasteiger partial charge in [0.2, 0.25) is 0 Å². The molecule has 72 valence electrons. The van der Waals surface area contributed by atoms with Gasteiger partial charge in [-0.3, -0.25) is 10.0 Å². The van der Waals surface area contributed by atoms with Crippen LogP contribution in [0.15, 0.2) is 6.07 Å². The third-order valence-corrected chi connectivity index (χ3v) is 3.07. The molecule has 0 aliphatic heterocycles. The Morgan fingerprint density at radius 3 is 2.92 bits per heavy atom. The van der Waals surface area contributed by atoms with Crippen molar-refractivity contribution in [3.05, 3.63) is 21.4 Å². The van der Waals surface area contributed by atoms with E-state index in [1.165, 1.54) is 16.2 Å². The van der Waals surface area contributed by atoms with E-state index < -0.39 is 5.91 Å². The van der Waals surface area contributed by atoms with E-state index in [0.717, 1.165) is 18.4 Å². The molecule has 3 nitrogen and oxygen atoms in total. The normalized spacial score (nSPS) is 10.1. The standard InChI is InChI=1S/C9H13NO2S/c1-3-4-7-5-6(2)8(13-7)9(11)10-12/h5,12H,3-4H2,1-2H3,(H,10,11). The SMILES string of the molecule is CCCc1cc(C)c(C(=O)NO)s1. The summed E-state index contributed by atoms with van der Waals surface area (Å²) >= 11 is 1.44. The zero-order valence-electron chi connectivity index (χ0n) is 7.76. The third kappa shape index (κ3) is 2.29. The fraction of sp³-hybridized carbons (Fsp3) is 0.444. The highest BCUT2D eigenvalue weighted by Gasteiger charge is 2.11. The molecule has 0 aliphatic rings. The number of carbonyl (C=O) groups is 1. The van der Waals surface area contributed by atoms with Crippen LogP contribution in [-0.2, 0) is 6.42 Å². The average Bonchev–Trinajstić information content (AvgIpc) is 2.46. The summed E-state index contributed by atoms with van der Waals surface area (Å²) in [6.45, 7) is 3.97. The van der Waals surface area contributed by atoms with E-state index in [1.807, 2.05) is 13.0 Å². The number of carbonyl (C=O) groups excluding carboxylic acids is 1. The highest BCUT2D eigenvalue weighted by molar-refractivity contribution is 7.14. The molecule has 1 aromatic rings. The topological polar surface area (TPSA) is 49.3 Å². The summed E-state index contributed by atoms with van der Waals surface area (Å²) in [6.07, 6.45) is 2.06. The molecule has 0 atom stereocenters. The Hall–Kier alpha value is -0.870. The Bertz CT molecular complexity index is 307. The first kappa shape index (κ1) is 10.2. The van der Waals surface area contributed by atoms with Crippen molar-refractivity contribution in [2.75, 3.05) is 0 Å². The lowest BCUT2D eigenvalue weighted by atomic mass is 10.2. The summed E-state index contributed by atoms with van der Waals surface area (Å²) in [4.78, 5) is 12.9. The van der Waals surface area contributed by atoms with E-state index >= 15 is 0 Å². The zero-order valence-corrected chi connectivity index (χ0v) is 8.57. The quantitative estimate of drug-likeness (QED) is 0.578. The molecule has 13 heavy (non-hydrogen) atoms. The summed E-state index contributed by atoms with van der Waals surface area (Å²) < 4.78 is 0. The number of amides is 1. The number of rotatable bonds is 3. The van der Waals surface area contributed by atoms with Gasteiger partial charge in [0.05, 0.1) is 4.88 Å². The van der Waals surface area contributed by atoms with Crippen LogP contribution in [0.1, 0.15) is 33.5 Å². The van der Waals surface area contributed by atoms with Gasteiger partial charge in [0, 0.05) is 4.88 Å². The monoisotopic (exact) mass is 199 g/mol. The highest BCUT2D eigenvalue weighted by atomic mass is 32.1. The van der Waals surface area contributed by atoms with Crippen LogP contribution in [0.3, 0.4) is 0 Å². The molecular weight excluding hydrogens is 186 g/mol. The Labute approximate surface area is 81.4 Å². The summed E-state index contributed by atoms with van der Waals surface area (Å²) in [5.74, 6) is -0.412. The molecule has 0 saturated heterocycles. The van der Waals surface area contributed by atoms with E-state index in [2.05, 4.69) is 6.92 Å². The molecule has 0 saturated carbocycles.